The molecular weight excluding hydrogens is 372 g/mol. The number of carboxylic acids is 1. The van der Waals surface area contributed by atoms with Crippen LogP contribution >= 0.6 is 0 Å². The highest BCUT2D eigenvalue weighted by molar-refractivity contribution is 7.88. The molecule has 4 N–H and O–H groups in total. The SMILES string of the molecule is CS(=O)(=O)NC(CNC(=O)CCCCc1ccc2c(n1)NCCC2)C(=O)O. The van der Waals surface area contributed by atoms with Crippen LogP contribution in [-0.4, -0.2) is 55.8 Å². The second kappa shape index (κ2) is 9.65. The van der Waals surface area contributed by atoms with Gasteiger partial charge in [-0.25, -0.2) is 13.4 Å². The monoisotopic (exact) mass is 398 g/mol. The normalized spacial score (nSPS) is 14.7. The van der Waals surface area contributed by atoms with Gasteiger partial charge < -0.3 is 15.7 Å². The molecule has 0 bridgehead atoms. The van der Waals surface area contributed by atoms with Crippen molar-refractivity contribution < 1.29 is 23.1 Å². The highest BCUT2D eigenvalue weighted by Gasteiger charge is 2.21. The molecule has 0 saturated heterocycles. The third kappa shape index (κ3) is 7.51. The number of fused-ring (bicyclic) bond motifs is 1. The number of aryl methyl sites for hydroxylation is 2. The number of amides is 1. The van der Waals surface area contributed by atoms with Crippen molar-refractivity contribution in [2.75, 3.05) is 24.7 Å². The van der Waals surface area contributed by atoms with Crippen LogP contribution in [0.2, 0.25) is 0 Å². The first-order chi connectivity index (χ1) is 12.7. The number of aliphatic carboxylic acids is 1. The van der Waals surface area contributed by atoms with Gasteiger partial charge in [0.15, 0.2) is 0 Å². The van der Waals surface area contributed by atoms with E-state index in [1.165, 1.54) is 5.56 Å². The van der Waals surface area contributed by atoms with Gasteiger partial charge in [-0.3, -0.25) is 9.59 Å². The van der Waals surface area contributed by atoms with Gasteiger partial charge in [0.1, 0.15) is 11.9 Å². The predicted molar refractivity (Wildman–Crippen MR) is 101 cm³/mol. The van der Waals surface area contributed by atoms with Gasteiger partial charge in [-0.1, -0.05) is 6.07 Å². The number of rotatable bonds is 10. The van der Waals surface area contributed by atoms with E-state index in [1.807, 2.05) is 10.8 Å². The van der Waals surface area contributed by atoms with Gasteiger partial charge in [0.05, 0.1) is 6.26 Å². The molecule has 0 aliphatic carbocycles. The molecule has 1 aromatic heterocycles. The molecule has 150 valence electrons. The molecule has 10 heteroatoms. The summed E-state index contributed by atoms with van der Waals surface area (Å²) in [6.45, 7) is 0.647. The van der Waals surface area contributed by atoms with Crippen molar-refractivity contribution in [3.63, 3.8) is 0 Å². The number of unbranched alkanes of at least 4 members (excludes halogenated alkanes) is 1. The summed E-state index contributed by atoms with van der Waals surface area (Å²) in [4.78, 5) is 27.5. The predicted octanol–water partition coefficient (Wildman–Crippen LogP) is 0.271. The van der Waals surface area contributed by atoms with Crippen LogP contribution in [0.1, 0.15) is 36.9 Å². The van der Waals surface area contributed by atoms with Crippen LogP contribution < -0.4 is 15.4 Å². The minimum Gasteiger partial charge on any atom is -0.480 e. The van der Waals surface area contributed by atoms with Gasteiger partial charge in [0, 0.05) is 25.2 Å². The number of aromatic nitrogens is 1. The third-order valence-corrected chi connectivity index (χ3v) is 4.91. The highest BCUT2D eigenvalue weighted by Crippen LogP contribution is 2.20. The van der Waals surface area contributed by atoms with E-state index in [1.54, 1.807) is 0 Å². The Bertz CT molecular complexity index is 782. The van der Waals surface area contributed by atoms with Crippen molar-refractivity contribution in [1.82, 2.24) is 15.0 Å². The van der Waals surface area contributed by atoms with Crippen LogP contribution in [0.15, 0.2) is 12.1 Å². The molecule has 1 aromatic rings. The molecular formula is C17H26N4O5S. The van der Waals surface area contributed by atoms with Crippen LogP contribution in [0.25, 0.3) is 0 Å². The molecule has 9 nitrogen and oxygen atoms in total. The number of carbonyl (C=O) groups excluding carboxylic acids is 1. The zero-order valence-electron chi connectivity index (χ0n) is 15.3. The lowest BCUT2D eigenvalue weighted by Gasteiger charge is -2.17. The number of sulfonamides is 1. The zero-order valence-corrected chi connectivity index (χ0v) is 16.1. The van der Waals surface area contributed by atoms with E-state index in [2.05, 4.69) is 21.7 Å². The quantitative estimate of drug-likeness (QED) is 0.415. The van der Waals surface area contributed by atoms with Gasteiger partial charge in [-0.15, -0.1) is 0 Å². The van der Waals surface area contributed by atoms with E-state index < -0.39 is 22.0 Å². The minimum absolute atomic E-state index is 0.244. The van der Waals surface area contributed by atoms with Gasteiger partial charge in [0.25, 0.3) is 0 Å². The summed E-state index contributed by atoms with van der Waals surface area (Å²) in [5.41, 5.74) is 2.21. The summed E-state index contributed by atoms with van der Waals surface area (Å²) < 4.78 is 24.2. The number of carbonyl (C=O) groups is 2. The van der Waals surface area contributed by atoms with Crippen molar-refractivity contribution in [2.24, 2.45) is 0 Å². The lowest BCUT2D eigenvalue weighted by atomic mass is 10.1. The first-order valence-corrected chi connectivity index (χ1v) is 10.8. The maximum atomic E-state index is 11.8. The summed E-state index contributed by atoms with van der Waals surface area (Å²) in [7, 11) is -3.67. The Balaban J connectivity index is 1.69. The van der Waals surface area contributed by atoms with Crippen LogP contribution in [0.4, 0.5) is 5.82 Å². The fourth-order valence-electron chi connectivity index (χ4n) is 2.84. The van der Waals surface area contributed by atoms with E-state index >= 15 is 0 Å². The molecule has 2 heterocycles. The van der Waals surface area contributed by atoms with E-state index in [-0.39, 0.29) is 18.9 Å². The number of nitrogens with one attached hydrogen (secondary N) is 3. The minimum atomic E-state index is -3.67. The van der Waals surface area contributed by atoms with Crippen LogP contribution in [0.5, 0.6) is 0 Å². The molecule has 0 aromatic carbocycles. The smallest absolute Gasteiger partial charge is 0.323 e. The molecule has 1 atom stereocenters. The van der Waals surface area contributed by atoms with E-state index in [0.29, 0.717) is 6.42 Å². The van der Waals surface area contributed by atoms with E-state index in [9.17, 15) is 18.0 Å². The second-order valence-electron chi connectivity index (χ2n) is 6.63. The number of nitrogens with zero attached hydrogens (tertiary/aromatic N) is 1. The largest absolute Gasteiger partial charge is 0.480 e. The fourth-order valence-corrected chi connectivity index (χ4v) is 3.54. The average molecular weight is 398 g/mol. The molecule has 2 rings (SSSR count). The molecule has 1 aliphatic heterocycles. The van der Waals surface area contributed by atoms with Crippen molar-refractivity contribution in [2.45, 2.75) is 44.6 Å². The van der Waals surface area contributed by atoms with Crippen LogP contribution in [0.3, 0.4) is 0 Å². The number of anilines is 1. The number of pyridine rings is 1. The fraction of sp³-hybridized carbons (Fsp3) is 0.588. The Morgan fingerprint density at radius 1 is 1.33 bits per heavy atom. The zero-order chi connectivity index (χ0) is 19.9. The molecule has 1 unspecified atom stereocenters. The molecule has 1 aliphatic rings. The molecule has 0 spiro atoms. The van der Waals surface area contributed by atoms with Crippen LogP contribution in [-0.2, 0) is 32.5 Å². The Hall–Kier alpha value is -2.20. The Morgan fingerprint density at radius 2 is 2.11 bits per heavy atom. The first kappa shape index (κ1) is 21.1. The number of hydrogen-bond acceptors (Lipinski definition) is 6. The van der Waals surface area contributed by atoms with Crippen molar-refractivity contribution in [3.8, 4) is 0 Å². The first-order valence-electron chi connectivity index (χ1n) is 8.94. The summed E-state index contributed by atoms with van der Waals surface area (Å²) in [5, 5.41) is 14.7. The van der Waals surface area contributed by atoms with Crippen molar-refractivity contribution in [3.05, 3.63) is 23.4 Å². The van der Waals surface area contributed by atoms with E-state index in [0.717, 1.165) is 50.0 Å². The summed E-state index contributed by atoms with van der Waals surface area (Å²) in [6, 6.07) is 2.73. The van der Waals surface area contributed by atoms with Gasteiger partial charge in [0.2, 0.25) is 15.9 Å². The van der Waals surface area contributed by atoms with Crippen LogP contribution in [0, 0.1) is 0 Å². The average Bonchev–Trinajstić information content (AvgIpc) is 2.61. The Labute approximate surface area is 159 Å². The van der Waals surface area contributed by atoms with Crippen molar-refractivity contribution in [1.29, 1.82) is 0 Å². The van der Waals surface area contributed by atoms with E-state index in [4.69, 9.17) is 5.11 Å². The van der Waals surface area contributed by atoms with Gasteiger partial charge in [-0.05, 0) is 43.7 Å². The summed E-state index contributed by atoms with van der Waals surface area (Å²) in [6.07, 6.45) is 5.45. The summed E-state index contributed by atoms with van der Waals surface area (Å²) >= 11 is 0. The topological polar surface area (TPSA) is 137 Å². The standard InChI is InChI=1S/C17H26N4O5S/c1-27(25,26)21-14(17(23)24)11-19-15(22)7-3-2-6-13-9-8-12-5-4-10-18-16(12)20-13/h8-9,14,21H,2-7,10-11H2,1H3,(H,18,20)(H,19,22)(H,23,24). The van der Waals surface area contributed by atoms with Gasteiger partial charge >= 0.3 is 5.97 Å². The molecule has 27 heavy (non-hydrogen) atoms. The Morgan fingerprint density at radius 3 is 2.81 bits per heavy atom. The lowest BCUT2D eigenvalue weighted by Crippen LogP contribution is -2.48. The third-order valence-electron chi connectivity index (χ3n) is 4.20. The lowest BCUT2D eigenvalue weighted by molar-refractivity contribution is -0.138. The molecule has 0 saturated carbocycles. The maximum Gasteiger partial charge on any atom is 0.323 e. The summed E-state index contributed by atoms with van der Waals surface area (Å²) in [5.74, 6) is -0.695. The molecule has 0 radical (unpaired) electrons. The number of carboxylic acid groups (broad SMARTS) is 1. The molecule has 0 fully saturated rings. The van der Waals surface area contributed by atoms with Crippen molar-refractivity contribution >= 4 is 27.7 Å². The van der Waals surface area contributed by atoms with Gasteiger partial charge in [-0.2, -0.15) is 4.72 Å². The second-order valence-corrected chi connectivity index (χ2v) is 8.41. The highest BCUT2D eigenvalue weighted by atomic mass is 32.2. The molecule has 1 amide bonds. The number of hydrogen-bond donors (Lipinski definition) is 4. The Kier molecular flexibility index (Phi) is 7.55. The maximum absolute atomic E-state index is 11.8.